The lowest BCUT2D eigenvalue weighted by atomic mass is 9.79. The fraction of sp³-hybridized carbons (Fsp3) is 0.722. The van der Waals surface area contributed by atoms with Crippen molar-refractivity contribution in [1.29, 1.82) is 0 Å². The summed E-state index contributed by atoms with van der Waals surface area (Å²) >= 11 is 0. The molecule has 1 heterocycles. The van der Waals surface area contributed by atoms with Crippen molar-refractivity contribution >= 4 is 6.09 Å². The van der Waals surface area contributed by atoms with E-state index >= 15 is 0 Å². The lowest BCUT2D eigenvalue weighted by Gasteiger charge is -2.38. The monoisotopic (exact) mass is 366 g/mol. The Morgan fingerprint density at radius 3 is 2.77 bits per heavy atom. The Labute approximate surface area is 154 Å². The average molecular weight is 366 g/mol. The zero-order valence-corrected chi connectivity index (χ0v) is 15.8. The number of hydrogen-bond donors (Lipinski definition) is 3. The van der Waals surface area contributed by atoms with Gasteiger partial charge in [0.05, 0.1) is 6.04 Å². The highest BCUT2D eigenvalue weighted by atomic mass is 16.6. The van der Waals surface area contributed by atoms with Crippen LogP contribution in [0.25, 0.3) is 0 Å². The van der Waals surface area contributed by atoms with Crippen LogP contribution in [0.3, 0.4) is 0 Å². The van der Waals surface area contributed by atoms with Crippen LogP contribution in [-0.2, 0) is 4.74 Å². The Morgan fingerprint density at radius 1 is 1.38 bits per heavy atom. The Morgan fingerprint density at radius 2 is 2.15 bits per heavy atom. The molecule has 0 radical (unpaired) electrons. The van der Waals surface area contributed by atoms with Crippen molar-refractivity contribution in [3.8, 4) is 0 Å². The van der Waals surface area contributed by atoms with Crippen LogP contribution in [0.4, 0.5) is 4.79 Å². The van der Waals surface area contributed by atoms with Crippen molar-refractivity contribution < 1.29 is 14.5 Å². The predicted octanol–water partition coefficient (Wildman–Crippen LogP) is 1.75. The lowest BCUT2D eigenvalue weighted by Crippen LogP contribution is -2.60. The van der Waals surface area contributed by atoms with Crippen molar-refractivity contribution in [2.45, 2.75) is 63.3 Å². The zero-order chi connectivity index (χ0) is 19.2. The van der Waals surface area contributed by atoms with E-state index in [1.807, 2.05) is 32.9 Å². The van der Waals surface area contributed by atoms with Gasteiger partial charge in [0.25, 0.3) is 5.54 Å². The molecule has 0 bridgehead atoms. The van der Waals surface area contributed by atoms with Crippen molar-refractivity contribution in [1.82, 2.24) is 16.0 Å². The van der Waals surface area contributed by atoms with Crippen molar-refractivity contribution in [3.05, 3.63) is 34.4 Å². The van der Waals surface area contributed by atoms with Gasteiger partial charge in [0.2, 0.25) is 0 Å². The van der Waals surface area contributed by atoms with Gasteiger partial charge in [0.15, 0.2) is 0 Å². The summed E-state index contributed by atoms with van der Waals surface area (Å²) in [5.41, 5.74) is -1.59. The van der Waals surface area contributed by atoms with Gasteiger partial charge in [-0.05, 0) is 46.2 Å². The van der Waals surface area contributed by atoms with E-state index in [9.17, 15) is 14.9 Å². The number of nitrogens with one attached hydrogen (secondary N) is 3. The number of alkyl carbamates (subject to hydrolysis) is 1. The van der Waals surface area contributed by atoms with Crippen LogP contribution in [0.15, 0.2) is 24.3 Å². The Kier molecular flexibility index (Phi) is 6.77. The molecule has 2 rings (SSSR count). The number of nitro groups is 1. The van der Waals surface area contributed by atoms with E-state index in [2.05, 4.69) is 16.0 Å². The van der Waals surface area contributed by atoms with E-state index in [1.54, 1.807) is 12.2 Å². The smallest absolute Gasteiger partial charge is 0.407 e. The van der Waals surface area contributed by atoms with Gasteiger partial charge < -0.3 is 20.7 Å². The van der Waals surface area contributed by atoms with Crippen LogP contribution in [0.1, 0.15) is 40.0 Å². The summed E-state index contributed by atoms with van der Waals surface area (Å²) in [7, 11) is 0. The van der Waals surface area contributed by atoms with Crippen LogP contribution in [0.2, 0.25) is 0 Å². The molecule has 0 aromatic carbocycles. The molecule has 1 amide bonds. The first kappa shape index (κ1) is 20.4. The normalized spacial score (nSPS) is 28.6. The first-order valence-corrected chi connectivity index (χ1v) is 9.15. The number of rotatable bonds is 6. The molecule has 3 atom stereocenters. The molecule has 0 aromatic rings. The summed E-state index contributed by atoms with van der Waals surface area (Å²) in [6.07, 6.45) is 8.71. The summed E-state index contributed by atoms with van der Waals surface area (Å²) in [5, 5.41) is 21.2. The van der Waals surface area contributed by atoms with Gasteiger partial charge >= 0.3 is 6.09 Å². The van der Waals surface area contributed by atoms with Gasteiger partial charge in [0.1, 0.15) is 5.60 Å². The molecule has 3 unspecified atom stereocenters. The van der Waals surface area contributed by atoms with Gasteiger partial charge in [-0.2, -0.15) is 0 Å². The van der Waals surface area contributed by atoms with Gasteiger partial charge in [-0.3, -0.25) is 10.1 Å². The van der Waals surface area contributed by atoms with E-state index < -0.39 is 17.2 Å². The van der Waals surface area contributed by atoms with Gasteiger partial charge in [-0.15, -0.1) is 0 Å². The molecule has 0 saturated carbocycles. The SMILES string of the molecule is CC(C)(C)OC(=O)NCCNC1CCNC(C2([N+](=O)[O-])C=CC=CC2)C1. The Balaban J connectivity index is 1.80. The van der Waals surface area contributed by atoms with Crippen LogP contribution in [-0.4, -0.2) is 53.9 Å². The minimum atomic E-state index is -1.08. The predicted molar refractivity (Wildman–Crippen MR) is 99.7 cm³/mol. The lowest BCUT2D eigenvalue weighted by molar-refractivity contribution is -0.560. The highest BCUT2D eigenvalue weighted by molar-refractivity contribution is 5.67. The fourth-order valence-corrected chi connectivity index (χ4v) is 3.39. The molecular formula is C18H30N4O4. The third kappa shape index (κ3) is 5.54. The number of carbonyl (C=O) groups excluding carboxylic acids is 1. The van der Waals surface area contributed by atoms with Crippen LogP contribution >= 0.6 is 0 Å². The van der Waals surface area contributed by atoms with Gasteiger partial charge in [-0.25, -0.2) is 4.79 Å². The summed E-state index contributed by atoms with van der Waals surface area (Å²) in [4.78, 5) is 23.2. The largest absolute Gasteiger partial charge is 0.444 e. The molecule has 0 spiro atoms. The van der Waals surface area contributed by atoms with Crippen molar-refractivity contribution in [2.75, 3.05) is 19.6 Å². The number of ether oxygens (including phenoxy) is 1. The maximum absolute atomic E-state index is 11.7. The zero-order valence-electron chi connectivity index (χ0n) is 15.8. The van der Waals surface area contributed by atoms with E-state index in [0.29, 0.717) is 25.9 Å². The molecular weight excluding hydrogens is 336 g/mol. The number of hydrogen-bond acceptors (Lipinski definition) is 6. The molecule has 1 aliphatic heterocycles. The van der Waals surface area contributed by atoms with E-state index in [-0.39, 0.29) is 17.0 Å². The molecule has 26 heavy (non-hydrogen) atoms. The molecule has 8 heteroatoms. The number of carbonyl (C=O) groups is 1. The summed E-state index contributed by atoms with van der Waals surface area (Å²) in [5.74, 6) is 0. The quantitative estimate of drug-likeness (QED) is 0.376. The first-order valence-electron chi connectivity index (χ1n) is 9.15. The minimum Gasteiger partial charge on any atom is -0.444 e. The standard InChI is InChI=1S/C18H30N4O4/c1-17(2,3)26-16(23)21-12-11-19-14-7-10-20-15(13-14)18(22(24)25)8-5-4-6-9-18/h4-6,8,14-15,19-20H,7,9-13H2,1-3H3,(H,21,23). The van der Waals surface area contributed by atoms with Crippen molar-refractivity contribution in [2.24, 2.45) is 0 Å². The molecule has 146 valence electrons. The first-order chi connectivity index (χ1) is 12.2. The second-order valence-corrected chi connectivity index (χ2v) is 7.85. The third-order valence-corrected chi connectivity index (χ3v) is 4.65. The number of amides is 1. The second-order valence-electron chi connectivity index (χ2n) is 7.85. The maximum atomic E-state index is 11.7. The van der Waals surface area contributed by atoms with Crippen molar-refractivity contribution in [3.63, 3.8) is 0 Å². The second kappa shape index (κ2) is 8.64. The van der Waals surface area contributed by atoms with E-state index in [4.69, 9.17) is 4.74 Å². The third-order valence-electron chi connectivity index (χ3n) is 4.65. The summed E-state index contributed by atoms with van der Waals surface area (Å²) in [6.45, 7) is 7.24. The van der Waals surface area contributed by atoms with E-state index in [0.717, 1.165) is 13.0 Å². The van der Waals surface area contributed by atoms with Crippen LogP contribution in [0, 0.1) is 10.1 Å². The highest BCUT2D eigenvalue weighted by Crippen LogP contribution is 2.30. The molecule has 2 aliphatic rings. The molecule has 0 aromatic heterocycles. The van der Waals surface area contributed by atoms with Crippen LogP contribution < -0.4 is 16.0 Å². The fourth-order valence-electron chi connectivity index (χ4n) is 3.39. The van der Waals surface area contributed by atoms with Crippen LogP contribution in [0.5, 0.6) is 0 Å². The topological polar surface area (TPSA) is 106 Å². The molecule has 1 aliphatic carbocycles. The minimum absolute atomic E-state index is 0.170. The molecule has 8 nitrogen and oxygen atoms in total. The summed E-state index contributed by atoms with van der Waals surface area (Å²) < 4.78 is 5.19. The Bertz CT molecular complexity index is 570. The Hall–Kier alpha value is -1.93. The van der Waals surface area contributed by atoms with Gasteiger partial charge in [-0.1, -0.05) is 18.2 Å². The molecule has 1 saturated heterocycles. The molecule has 3 N–H and O–H groups in total. The number of allylic oxidation sites excluding steroid dienone is 2. The number of nitrogens with zero attached hydrogens (tertiary/aromatic N) is 1. The summed E-state index contributed by atoms with van der Waals surface area (Å²) in [6, 6.07) is -0.0402. The molecule has 1 fully saturated rings. The van der Waals surface area contributed by atoms with E-state index in [1.165, 1.54) is 0 Å². The highest BCUT2D eigenvalue weighted by Gasteiger charge is 2.49. The average Bonchev–Trinajstić information content (AvgIpc) is 2.58. The maximum Gasteiger partial charge on any atom is 0.407 e. The van der Waals surface area contributed by atoms with Gasteiger partial charge in [0, 0.05) is 30.5 Å². The number of piperidine rings is 1.